The Morgan fingerprint density at radius 3 is 1.67 bits per heavy atom. The molecule has 0 saturated carbocycles. The molecule has 0 N–H and O–H groups in total. The van der Waals surface area contributed by atoms with Crippen molar-refractivity contribution in [3.05, 3.63) is 205 Å². The number of fused-ring (bicyclic) bond motifs is 6. The van der Waals surface area contributed by atoms with Crippen LogP contribution >= 0.6 is 0 Å². The minimum atomic E-state index is -0.148. The van der Waals surface area contributed by atoms with E-state index in [1.165, 1.54) is 44.2 Å². The maximum atomic E-state index is 5.37. The number of aromatic nitrogens is 4. The molecule has 1 aliphatic carbocycles. The highest BCUT2D eigenvalue weighted by Crippen LogP contribution is 2.52. The Balaban J connectivity index is 1.18. The zero-order valence-electron chi connectivity index (χ0n) is 32.3. The van der Waals surface area contributed by atoms with Gasteiger partial charge in [-0.15, -0.1) is 0 Å². The number of hydrogen-bond acceptors (Lipinski definition) is 3. The summed E-state index contributed by atoms with van der Waals surface area (Å²) in [4.78, 5) is 15.8. The maximum absolute atomic E-state index is 5.37. The van der Waals surface area contributed by atoms with Gasteiger partial charge in [-0.05, 0) is 57.1 Å². The molecule has 0 saturated heterocycles. The molecule has 2 aromatic heterocycles. The van der Waals surface area contributed by atoms with E-state index >= 15 is 0 Å². The molecule has 11 rings (SSSR count). The Morgan fingerprint density at radius 1 is 0.379 bits per heavy atom. The normalized spacial score (nSPS) is 12.8. The van der Waals surface area contributed by atoms with E-state index in [0.717, 1.165) is 44.5 Å². The Bertz CT molecular complexity index is 3180. The molecule has 0 aliphatic heterocycles. The molecule has 0 unspecified atom stereocenters. The van der Waals surface area contributed by atoms with Crippen LogP contribution in [0.2, 0.25) is 0 Å². The maximum Gasteiger partial charge on any atom is 0.164 e. The quantitative estimate of drug-likeness (QED) is 0.170. The molecule has 0 amide bonds. The summed E-state index contributed by atoms with van der Waals surface area (Å²) in [6.45, 7) is 4.62. The summed E-state index contributed by atoms with van der Waals surface area (Å²) in [5.74, 6) is 1.92. The Morgan fingerprint density at radius 2 is 0.914 bits per heavy atom. The van der Waals surface area contributed by atoms with E-state index in [1.807, 2.05) is 18.2 Å². The second-order valence-electron chi connectivity index (χ2n) is 15.6. The van der Waals surface area contributed by atoms with Crippen molar-refractivity contribution in [2.24, 2.45) is 0 Å². The zero-order chi connectivity index (χ0) is 38.8. The molecule has 0 fully saturated rings. The summed E-state index contributed by atoms with van der Waals surface area (Å²) >= 11 is 0. The molecule has 58 heavy (non-hydrogen) atoms. The van der Waals surface area contributed by atoms with Crippen molar-refractivity contribution >= 4 is 21.8 Å². The van der Waals surface area contributed by atoms with Gasteiger partial charge in [0.2, 0.25) is 0 Å². The lowest BCUT2D eigenvalue weighted by molar-refractivity contribution is 0.660. The Labute approximate surface area is 337 Å². The lowest BCUT2D eigenvalue weighted by Crippen LogP contribution is -2.14. The van der Waals surface area contributed by atoms with Crippen LogP contribution in [0.15, 0.2) is 194 Å². The first-order valence-electron chi connectivity index (χ1n) is 19.9. The van der Waals surface area contributed by atoms with Gasteiger partial charge in [-0.25, -0.2) is 15.0 Å². The van der Waals surface area contributed by atoms with Gasteiger partial charge in [-0.3, -0.25) is 0 Å². The Kier molecular flexibility index (Phi) is 7.80. The van der Waals surface area contributed by atoms with E-state index < -0.39 is 0 Å². The molecule has 2 heterocycles. The van der Waals surface area contributed by atoms with E-state index in [0.29, 0.717) is 17.5 Å². The SMILES string of the molecule is CC1(C)c2ccccc2-c2c(-c3nc(-c4ccccc4)nc(-c4ccc(-c5ccccc5)c(-n5c6ccccc6c6c(-c7ccccc7)cccc65)c4)n3)cccc21. The molecular formula is C54H38N4. The second-order valence-corrected chi connectivity index (χ2v) is 15.6. The highest BCUT2D eigenvalue weighted by molar-refractivity contribution is 6.16. The van der Waals surface area contributed by atoms with E-state index in [-0.39, 0.29) is 5.41 Å². The van der Waals surface area contributed by atoms with Crippen LogP contribution in [0.4, 0.5) is 0 Å². The first kappa shape index (κ1) is 33.9. The van der Waals surface area contributed by atoms with Crippen molar-refractivity contribution in [3.63, 3.8) is 0 Å². The van der Waals surface area contributed by atoms with Gasteiger partial charge in [0, 0.05) is 38.4 Å². The summed E-state index contributed by atoms with van der Waals surface area (Å²) in [6.07, 6.45) is 0. The fourth-order valence-corrected chi connectivity index (χ4v) is 9.14. The van der Waals surface area contributed by atoms with Crippen LogP contribution in [-0.2, 0) is 5.41 Å². The third-order valence-electron chi connectivity index (χ3n) is 11.9. The van der Waals surface area contributed by atoms with Gasteiger partial charge in [-0.1, -0.05) is 190 Å². The lowest BCUT2D eigenvalue weighted by Gasteiger charge is -2.21. The van der Waals surface area contributed by atoms with Gasteiger partial charge in [-0.2, -0.15) is 0 Å². The fourth-order valence-electron chi connectivity index (χ4n) is 9.14. The molecule has 0 bridgehead atoms. The standard InChI is InChI=1S/C54H38N4/c1-54(2)44-28-14-12-24-41(44)49-43(27-16-29-45(49)54)53-56-51(37-22-10-5-11-23-37)55-52(57-53)38-32-33-39(35-18-6-3-7-19-35)48(34-38)58-46-30-15-13-25-42(46)50-40(26-17-31-47(50)58)36-20-8-4-9-21-36/h3-34H,1-2H3. The average molecular weight is 743 g/mol. The smallest absolute Gasteiger partial charge is 0.164 e. The van der Waals surface area contributed by atoms with Crippen molar-refractivity contribution in [3.8, 4) is 73.2 Å². The van der Waals surface area contributed by atoms with Crippen LogP contribution in [0.3, 0.4) is 0 Å². The molecule has 1 aliphatic rings. The summed E-state index contributed by atoms with van der Waals surface area (Å²) < 4.78 is 2.42. The number of para-hydroxylation sites is 1. The zero-order valence-corrected chi connectivity index (χ0v) is 32.3. The largest absolute Gasteiger partial charge is 0.309 e. The topological polar surface area (TPSA) is 43.6 Å². The first-order valence-corrected chi connectivity index (χ1v) is 19.9. The van der Waals surface area contributed by atoms with E-state index in [9.17, 15) is 0 Å². The van der Waals surface area contributed by atoms with E-state index in [4.69, 9.17) is 15.0 Å². The molecule has 8 aromatic carbocycles. The van der Waals surface area contributed by atoms with E-state index in [1.54, 1.807) is 0 Å². The number of hydrogen-bond donors (Lipinski definition) is 0. The van der Waals surface area contributed by atoms with Gasteiger partial charge in [0.15, 0.2) is 17.5 Å². The summed E-state index contributed by atoms with van der Waals surface area (Å²) in [6, 6.07) is 69.0. The summed E-state index contributed by atoms with van der Waals surface area (Å²) in [5.41, 5.74) is 15.7. The summed E-state index contributed by atoms with van der Waals surface area (Å²) in [7, 11) is 0. The molecule has 4 heteroatoms. The predicted molar refractivity (Wildman–Crippen MR) is 239 cm³/mol. The molecule has 0 atom stereocenters. The highest BCUT2D eigenvalue weighted by atomic mass is 15.0. The van der Waals surface area contributed by atoms with Crippen LogP contribution in [0, 0.1) is 0 Å². The Hall–Kier alpha value is -7.43. The molecule has 0 spiro atoms. The lowest BCUT2D eigenvalue weighted by atomic mass is 9.82. The molecule has 0 radical (unpaired) electrons. The molecular weight excluding hydrogens is 705 g/mol. The van der Waals surface area contributed by atoms with Crippen LogP contribution in [-0.4, -0.2) is 19.5 Å². The summed E-state index contributed by atoms with van der Waals surface area (Å²) in [5, 5.41) is 2.43. The highest BCUT2D eigenvalue weighted by Gasteiger charge is 2.37. The molecule has 274 valence electrons. The monoisotopic (exact) mass is 742 g/mol. The van der Waals surface area contributed by atoms with Gasteiger partial charge < -0.3 is 4.57 Å². The minimum absolute atomic E-state index is 0.148. The van der Waals surface area contributed by atoms with Gasteiger partial charge in [0.25, 0.3) is 0 Å². The van der Waals surface area contributed by atoms with Gasteiger partial charge >= 0.3 is 0 Å². The van der Waals surface area contributed by atoms with Crippen molar-refractivity contribution in [2.75, 3.05) is 0 Å². The van der Waals surface area contributed by atoms with Gasteiger partial charge in [0.1, 0.15) is 0 Å². The van der Waals surface area contributed by atoms with Crippen LogP contribution in [0.1, 0.15) is 25.0 Å². The molecule has 4 nitrogen and oxygen atoms in total. The number of benzene rings is 8. The van der Waals surface area contributed by atoms with E-state index in [2.05, 4.69) is 194 Å². The van der Waals surface area contributed by atoms with Crippen molar-refractivity contribution < 1.29 is 0 Å². The number of nitrogens with zero attached hydrogens (tertiary/aromatic N) is 4. The average Bonchev–Trinajstić information content (AvgIpc) is 3.75. The van der Waals surface area contributed by atoms with Crippen molar-refractivity contribution in [1.29, 1.82) is 0 Å². The second kappa shape index (κ2) is 13.4. The minimum Gasteiger partial charge on any atom is -0.309 e. The van der Waals surface area contributed by atoms with Gasteiger partial charge in [0.05, 0.1) is 16.7 Å². The predicted octanol–water partition coefficient (Wildman–Crippen LogP) is 13.6. The third-order valence-corrected chi connectivity index (χ3v) is 11.9. The fraction of sp³-hybridized carbons (Fsp3) is 0.0556. The molecule has 10 aromatic rings. The van der Waals surface area contributed by atoms with Crippen LogP contribution in [0.25, 0.3) is 95.0 Å². The first-order chi connectivity index (χ1) is 28.5. The van der Waals surface area contributed by atoms with Crippen LogP contribution < -0.4 is 0 Å². The van der Waals surface area contributed by atoms with Crippen molar-refractivity contribution in [2.45, 2.75) is 19.3 Å². The number of rotatable bonds is 6. The van der Waals surface area contributed by atoms with Crippen molar-refractivity contribution in [1.82, 2.24) is 19.5 Å². The third kappa shape index (κ3) is 5.33. The van der Waals surface area contributed by atoms with Crippen LogP contribution in [0.5, 0.6) is 0 Å².